The second kappa shape index (κ2) is 6.63. The van der Waals surface area contributed by atoms with Crippen molar-refractivity contribution in [3.8, 4) is 11.4 Å². The number of piperidine rings is 1. The van der Waals surface area contributed by atoms with E-state index in [0.717, 1.165) is 35.3 Å². The van der Waals surface area contributed by atoms with Gasteiger partial charge in [-0.15, -0.1) is 0 Å². The van der Waals surface area contributed by atoms with Gasteiger partial charge in [-0.2, -0.15) is 0 Å². The first kappa shape index (κ1) is 16.3. The highest BCUT2D eigenvalue weighted by Crippen LogP contribution is 2.23. The molecule has 0 spiro atoms. The summed E-state index contributed by atoms with van der Waals surface area (Å²) in [6.45, 7) is 1.04. The SMILES string of the molecule is NC(=O)[C@@H]1CCCN(C(=O)c2cccc(-c3nc4ccccc4[nH]3)c2)C1. The number of fused-ring (bicyclic) bond motifs is 1. The van der Waals surface area contributed by atoms with Gasteiger partial charge in [-0.25, -0.2) is 4.98 Å². The van der Waals surface area contributed by atoms with Gasteiger partial charge in [0.25, 0.3) is 5.91 Å². The topological polar surface area (TPSA) is 92.1 Å². The molecule has 4 rings (SSSR count). The van der Waals surface area contributed by atoms with E-state index in [-0.39, 0.29) is 17.7 Å². The largest absolute Gasteiger partial charge is 0.369 e. The van der Waals surface area contributed by atoms with Crippen LogP contribution in [0.1, 0.15) is 23.2 Å². The Kier molecular flexibility index (Phi) is 4.16. The molecule has 1 fully saturated rings. The van der Waals surface area contributed by atoms with Gasteiger partial charge >= 0.3 is 0 Å². The molecule has 1 aliphatic heterocycles. The number of aromatic nitrogens is 2. The number of hydrogen-bond acceptors (Lipinski definition) is 3. The Balaban J connectivity index is 1.61. The highest BCUT2D eigenvalue weighted by atomic mass is 16.2. The smallest absolute Gasteiger partial charge is 0.253 e. The quantitative estimate of drug-likeness (QED) is 0.762. The van der Waals surface area contributed by atoms with Crippen molar-refractivity contribution in [2.75, 3.05) is 13.1 Å². The Labute approximate surface area is 151 Å². The van der Waals surface area contributed by atoms with Crippen LogP contribution >= 0.6 is 0 Å². The van der Waals surface area contributed by atoms with Crippen LogP contribution in [-0.4, -0.2) is 39.8 Å². The van der Waals surface area contributed by atoms with Gasteiger partial charge in [-0.3, -0.25) is 9.59 Å². The lowest BCUT2D eigenvalue weighted by molar-refractivity contribution is -0.123. The molecule has 0 bridgehead atoms. The molecule has 0 unspecified atom stereocenters. The van der Waals surface area contributed by atoms with Crippen LogP contribution in [0.3, 0.4) is 0 Å². The lowest BCUT2D eigenvalue weighted by Crippen LogP contribution is -2.44. The number of nitrogens with zero attached hydrogens (tertiary/aromatic N) is 2. The Morgan fingerprint density at radius 2 is 2.00 bits per heavy atom. The average molecular weight is 348 g/mol. The fraction of sp³-hybridized carbons (Fsp3) is 0.250. The van der Waals surface area contributed by atoms with Crippen LogP contribution in [0.15, 0.2) is 48.5 Å². The number of nitrogens with two attached hydrogens (primary N) is 1. The molecule has 2 heterocycles. The molecule has 1 aromatic heterocycles. The zero-order valence-electron chi connectivity index (χ0n) is 14.3. The van der Waals surface area contributed by atoms with Crippen molar-refractivity contribution in [1.82, 2.24) is 14.9 Å². The Morgan fingerprint density at radius 3 is 2.81 bits per heavy atom. The molecule has 3 N–H and O–H groups in total. The van der Waals surface area contributed by atoms with Crippen molar-refractivity contribution in [3.63, 3.8) is 0 Å². The van der Waals surface area contributed by atoms with Crippen molar-refractivity contribution in [3.05, 3.63) is 54.1 Å². The molecule has 2 amide bonds. The van der Waals surface area contributed by atoms with E-state index in [9.17, 15) is 9.59 Å². The Morgan fingerprint density at radius 1 is 1.15 bits per heavy atom. The minimum absolute atomic E-state index is 0.0751. The number of imidazole rings is 1. The minimum Gasteiger partial charge on any atom is -0.369 e. The minimum atomic E-state index is -0.335. The van der Waals surface area contributed by atoms with Crippen LogP contribution in [0, 0.1) is 5.92 Å². The number of primary amides is 1. The molecule has 0 radical (unpaired) electrons. The molecule has 0 saturated carbocycles. The second-order valence-electron chi connectivity index (χ2n) is 6.68. The zero-order chi connectivity index (χ0) is 18.1. The molecule has 6 nitrogen and oxygen atoms in total. The highest BCUT2D eigenvalue weighted by Gasteiger charge is 2.27. The second-order valence-corrected chi connectivity index (χ2v) is 6.68. The number of carbonyl (C=O) groups excluding carboxylic acids is 2. The molecular formula is C20H20N4O2. The summed E-state index contributed by atoms with van der Waals surface area (Å²) in [6, 6.07) is 15.2. The molecule has 0 aliphatic carbocycles. The third-order valence-electron chi connectivity index (χ3n) is 4.88. The van der Waals surface area contributed by atoms with E-state index in [4.69, 9.17) is 5.73 Å². The molecule has 6 heteroatoms. The van der Waals surface area contributed by atoms with Crippen molar-refractivity contribution in [1.29, 1.82) is 0 Å². The Hall–Kier alpha value is -3.15. The maximum Gasteiger partial charge on any atom is 0.253 e. The number of H-pyrrole nitrogens is 1. The third kappa shape index (κ3) is 3.06. The molecule has 2 aromatic carbocycles. The van der Waals surface area contributed by atoms with Gasteiger partial charge in [0, 0.05) is 24.2 Å². The summed E-state index contributed by atoms with van der Waals surface area (Å²) in [6.07, 6.45) is 1.54. The maximum absolute atomic E-state index is 12.9. The summed E-state index contributed by atoms with van der Waals surface area (Å²) in [5.41, 5.74) is 8.71. The predicted molar refractivity (Wildman–Crippen MR) is 99.4 cm³/mol. The summed E-state index contributed by atoms with van der Waals surface area (Å²) in [5, 5.41) is 0. The van der Waals surface area contributed by atoms with Crippen LogP contribution in [-0.2, 0) is 4.79 Å². The van der Waals surface area contributed by atoms with E-state index in [1.165, 1.54) is 0 Å². The fourth-order valence-corrected chi connectivity index (χ4v) is 3.47. The number of rotatable bonds is 3. The van der Waals surface area contributed by atoms with Crippen molar-refractivity contribution < 1.29 is 9.59 Å². The van der Waals surface area contributed by atoms with Crippen LogP contribution in [0.2, 0.25) is 0 Å². The number of para-hydroxylation sites is 2. The lowest BCUT2D eigenvalue weighted by atomic mass is 9.96. The molecule has 1 aliphatic rings. The van der Waals surface area contributed by atoms with Gasteiger partial charge in [0.15, 0.2) is 0 Å². The van der Waals surface area contributed by atoms with Gasteiger partial charge in [0.05, 0.1) is 17.0 Å². The molecule has 1 saturated heterocycles. The number of likely N-dealkylation sites (tertiary alicyclic amines) is 1. The van der Waals surface area contributed by atoms with Gasteiger partial charge in [-0.05, 0) is 37.1 Å². The zero-order valence-corrected chi connectivity index (χ0v) is 14.3. The fourth-order valence-electron chi connectivity index (χ4n) is 3.47. The van der Waals surface area contributed by atoms with Gasteiger partial charge < -0.3 is 15.6 Å². The molecular weight excluding hydrogens is 328 g/mol. The van der Waals surface area contributed by atoms with E-state index in [2.05, 4.69) is 9.97 Å². The van der Waals surface area contributed by atoms with E-state index in [1.807, 2.05) is 42.5 Å². The normalized spacial score (nSPS) is 17.4. The van der Waals surface area contributed by atoms with Crippen LogP contribution < -0.4 is 5.73 Å². The molecule has 26 heavy (non-hydrogen) atoms. The monoisotopic (exact) mass is 348 g/mol. The van der Waals surface area contributed by atoms with Gasteiger partial charge in [0.2, 0.25) is 5.91 Å². The Bertz CT molecular complexity index is 946. The molecule has 132 valence electrons. The van der Waals surface area contributed by atoms with Crippen LogP contribution in [0.5, 0.6) is 0 Å². The maximum atomic E-state index is 12.9. The number of benzene rings is 2. The molecule has 3 aromatic rings. The van der Waals surface area contributed by atoms with E-state index in [1.54, 1.807) is 11.0 Å². The summed E-state index contributed by atoms with van der Waals surface area (Å²) in [4.78, 5) is 33.9. The summed E-state index contributed by atoms with van der Waals surface area (Å²) in [5.74, 6) is 0.0631. The molecule has 1 atom stereocenters. The number of amides is 2. The lowest BCUT2D eigenvalue weighted by Gasteiger charge is -2.31. The van der Waals surface area contributed by atoms with Crippen LogP contribution in [0.4, 0.5) is 0 Å². The van der Waals surface area contributed by atoms with Crippen molar-refractivity contribution in [2.45, 2.75) is 12.8 Å². The summed E-state index contributed by atoms with van der Waals surface area (Å²) >= 11 is 0. The summed E-state index contributed by atoms with van der Waals surface area (Å²) in [7, 11) is 0. The van der Waals surface area contributed by atoms with Crippen LogP contribution in [0.25, 0.3) is 22.4 Å². The number of aromatic amines is 1. The van der Waals surface area contributed by atoms with Gasteiger partial charge in [0.1, 0.15) is 5.82 Å². The number of hydrogen-bond donors (Lipinski definition) is 2. The van der Waals surface area contributed by atoms with Gasteiger partial charge in [-0.1, -0.05) is 24.3 Å². The number of carbonyl (C=O) groups is 2. The van der Waals surface area contributed by atoms with E-state index in [0.29, 0.717) is 18.7 Å². The average Bonchev–Trinajstić information content (AvgIpc) is 3.12. The van der Waals surface area contributed by atoms with E-state index < -0.39 is 0 Å². The van der Waals surface area contributed by atoms with Crippen molar-refractivity contribution in [2.24, 2.45) is 11.7 Å². The predicted octanol–water partition coefficient (Wildman–Crippen LogP) is 2.57. The standard InChI is InChI=1S/C20H20N4O2/c21-18(25)15-7-4-10-24(12-15)20(26)14-6-3-5-13(11-14)19-22-16-8-1-2-9-17(16)23-19/h1-3,5-6,8-9,11,15H,4,7,10,12H2,(H2,21,25)(H,22,23)/t15-/m1/s1. The first-order valence-corrected chi connectivity index (χ1v) is 8.75. The summed E-state index contributed by atoms with van der Waals surface area (Å²) < 4.78 is 0. The first-order chi connectivity index (χ1) is 12.6. The highest BCUT2D eigenvalue weighted by molar-refractivity contribution is 5.96. The van der Waals surface area contributed by atoms with E-state index >= 15 is 0 Å². The van der Waals surface area contributed by atoms with Crippen molar-refractivity contribution >= 4 is 22.8 Å². The number of nitrogens with one attached hydrogen (secondary N) is 1. The first-order valence-electron chi connectivity index (χ1n) is 8.75. The third-order valence-corrected chi connectivity index (χ3v) is 4.88.